The van der Waals surface area contributed by atoms with Gasteiger partial charge in [0, 0.05) is 36.8 Å². The van der Waals surface area contributed by atoms with Crippen molar-refractivity contribution >= 4 is 43.8 Å². The number of esters is 1. The zero-order valence-corrected chi connectivity index (χ0v) is 27.0. The summed E-state index contributed by atoms with van der Waals surface area (Å²) in [6, 6.07) is 8.44. The normalized spacial score (nSPS) is 13.8. The van der Waals surface area contributed by atoms with E-state index in [1.807, 2.05) is 39.8 Å². The number of carbonyl (C=O) groups is 2. The topological polar surface area (TPSA) is 104 Å². The number of aromatic carboxylic acids is 1. The number of carbonyl (C=O) groups excluding carboxylic acids is 1. The molecule has 0 bridgehead atoms. The summed E-state index contributed by atoms with van der Waals surface area (Å²) in [5.41, 5.74) is 2.40. The number of hydrogen-bond acceptors (Lipinski definition) is 5. The molecule has 218 valence electrons. The number of phenolic OH excluding ortho intramolecular Hbond substituents is 2. The molecule has 0 atom stereocenters. The number of aromatic hydroxyl groups is 2. The summed E-state index contributed by atoms with van der Waals surface area (Å²) in [5.74, 6) is -1.72. The predicted molar refractivity (Wildman–Crippen MR) is 166 cm³/mol. The van der Waals surface area contributed by atoms with Crippen LogP contribution in [-0.4, -0.2) is 27.3 Å². The quantitative estimate of drug-likeness (QED) is 0.175. The SMILES string of the molecule is CCCc1cc(Br)c(C2(c3c(Br)cc(CCC)c(O)c3CCC)OC(=O)c3c(C(=O)O)cccc32)c(CCC)c1O. The Labute approximate surface area is 258 Å². The molecule has 41 heavy (non-hydrogen) atoms. The van der Waals surface area contributed by atoms with Crippen LogP contribution in [0.15, 0.2) is 39.3 Å². The van der Waals surface area contributed by atoms with Gasteiger partial charge in [0.1, 0.15) is 11.5 Å². The predicted octanol–water partition coefficient (Wildman–Crippen LogP) is 8.59. The fraction of sp³-hybridized carbons (Fsp3) is 0.394. The fourth-order valence-electron chi connectivity index (χ4n) is 6.15. The van der Waals surface area contributed by atoms with Crippen LogP contribution < -0.4 is 0 Å². The maximum atomic E-state index is 13.8. The molecular weight excluding hydrogens is 652 g/mol. The third-order valence-electron chi connectivity index (χ3n) is 7.73. The van der Waals surface area contributed by atoms with Crippen LogP contribution in [0.25, 0.3) is 0 Å². The molecule has 0 saturated carbocycles. The standard InChI is InChI=1S/C33H36Br2O6/c1-5-10-18-16-24(34)27(21(12-7-3)29(18)36)33(23-15-9-14-20(31(38)39)26(23)32(40)41-33)28-22(13-8-4)30(37)19(11-6-2)17-25(28)35/h9,14-17,36-37H,5-8,10-13H2,1-4H3,(H,38,39). The van der Waals surface area contributed by atoms with E-state index < -0.39 is 17.5 Å². The second kappa shape index (κ2) is 12.6. The summed E-state index contributed by atoms with van der Waals surface area (Å²) in [6.45, 7) is 8.10. The Morgan fingerprint density at radius 2 is 1.27 bits per heavy atom. The number of rotatable bonds is 11. The minimum absolute atomic E-state index is 0.0297. The third-order valence-corrected chi connectivity index (χ3v) is 8.98. The first-order valence-corrected chi connectivity index (χ1v) is 15.8. The molecule has 0 aromatic heterocycles. The van der Waals surface area contributed by atoms with Crippen LogP contribution in [0.1, 0.15) is 113 Å². The molecule has 1 heterocycles. The van der Waals surface area contributed by atoms with Crippen LogP contribution in [0, 0.1) is 0 Å². The molecule has 1 aliphatic heterocycles. The highest BCUT2D eigenvalue weighted by Crippen LogP contribution is 2.56. The van der Waals surface area contributed by atoms with Gasteiger partial charge in [-0.1, -0.05) is 97.4 Å². The van der Waals surface area contributed by atoms with Crippen LogP contribution in [0.2, 0.25) is 0 Å². The van der Waals surface area contributed by atoms with E-state index in [2.05, 4.69) is 31.9 Å². The molecule has 0 amide bonds. The number of benzene rings is 3. The summed E-state index contributed by atoms with van der Waals surface area (Å²) in [4.78, 5) is 26.1. The zero-order valence-electron chi connectivity index (χ0n) is 23.9. The van der Waals surface area contributed by atoms with Gasteiger partial charge in [0.25, 0.3) is 0 Å². The minimum atomic E-state index is -1.64. The number of phenols is 2. The highest BCUT2D eigenvalue weighted by molar-refractivity contribution is 9.10. The second-order valence-electron chi connectivity index (χ2n) is 10.5. The first-order valence-electron chi connectivity index (χ1n) is 14.3. The largest absolute Gasteiger partial charge is 0.507 e. The minimum Gasteiger partial charge on any atom is -0.507 e. The van der Waals surface area contributed by atoms with Crippen LogP contribution in [0.4, 0.5) is 0 Å². The maximum Gasteiger partial charge on any atom is 0.341 e. The summed E-state index contributed by atoms with van der Waals surface area (Å²) in [6.07, 6.45) is 5.37. The van der Waals surface area contributed by atoms with Gasteiger partial charge < -0.3 is 20.1 Å². The monoisotopic (exact) mass is 686 g/mol. The van der Waals surface area contributed by atoms with E-state index in [0.29, 0.717) is 75.3 Å². The van der Waals surface area contributed by atoms with Gasteiger partial charge in [-0.15, -0.1) is 0 Å². The Balaban J connectivity index is 2.28. The lowest BCUT2D eigenvalue weighted by Gasteiger charge is -2.36. The van der Waals surface area contributed by atoms with E-state index >= 15 is 0 Å². The number of carboxylic acid groups (broad SMARTS) is 1. The first-order chi connectivity index (χ1) is 19.6. The molecule has 0 spiro atoms. The molecule has 0 radical (unpaired) electrons. The molecule has 8 heteroatoms. The number of halogens is 2. The zero-order chi connectivity index (χ0) is 30.1. The molecule has 0 aliphatic carbocycles. The lowest BCUT2D eigenvalue weighted by atomic mass is 9.73. The van der Waals surface area contributed by atoms with Crippen molar-refractivity contribution in [3.05, 3.63) is 89.3 Å². The van der Waals surface area contributed by atoms with Crippen molar-refractivity contribution in [3.63, 3.8) is 0 Å². The summed E-state index contributed by atoms with van der Waals surface area (Å²) in [5, 5.41) is 33.3. The van der Waals surface area contributed by atoms with Crippen molar-refractivity contribution in [2.45, 2.75) is 84.7 Å². The van der Waals surface area contributed by atoms with E-state index in [1.54, 1.807) is 12.1 Å². The summed E-state index contributed by atoms with van der Waals surface area (Å²) >= 11 is 7.57. The van der Waals surface area contributed by atoms with Gasteiger partial charge in [0.05, 0.1) is 11.1 Å². The molecule has 3 N–H and O–H groups in total. The van der Waals surface area contributed by atoms with Crippen LogP contribution in [0.5, 0.6) is 11.5 Å². The van der Waals surface area contributed by atoms with Gasteiger partial charge in [-0.05, 0) is 55.0 Å². The second-order valence-corrected chi connectivity index (χ2v) is 12.3. The van der Waals surface area contributed by atoms with Crippen molar-refractivity contribution in [2.24, 2.45) is 0 Å². The first kappa shape index (κ1) is 31.1. The Morgan fingerprint density at radius 1 is 0.805 bits per heavy atom. The van der Waals surface area contributed by atoms with Gasteiger partial charge in [0.2, 0.25) is 0 Å². The summed E-state index contributed by atoms with van der Waals surface area (Å²) in [7, 11) is 0. The van der Waals surface area contributed by atoms with Crippen LogP contribution in [0.3, 0.4) is 0 Å². The van der Waals surface area contributed by atoms with Crippen molar-refractivity contribution in [1.29, 1.82) is 0 Å². The van der Waals surface area contributed by atoms with Crippen molar-refractivity contribution < 1.29 is 29.6 Å². The average Bonchev–Trinajstić information content (AvgIpc) is 3.22. The number of carboxylic acids is 1. The Hall–Kier alpha value is -2.84. The Morgan fingerprint density at radius 3 is 1.68 bits per heavy atom. The molecule has 0 unspecified atom stereocenters. The lowest BCUT2D eigenvalue weighted by Crippen LogP contribution is -2.33. The molecular formula is C33H36Br2O6. The lowest BCUT2D eigenvalue weighted by molar-refractivity contribution is 0.0238. The molecule has 4 rings (SSSR count). The Bertz CT molecular complexity index is 1440. The number of hydrogen-bond donors (Lipinski definition) is 3. The average molecular weight is 688 g/mol. The van der Waals surface area contributed by atoms with Gasteiger partial charge in [-0.3, -0.25) is 0 Å². The van der Waals surface area contributed by atoms with Gasteiger partial charge in [-0.2, -0.15) is 0 Å². The van der Waals surface area contributed by atoms with E-state index in [0.717, 1.165) is 24.0 Å². The van der Waals surface area contributed by atoms with Crippen LogP contribution >= 0.6 is 31.9 Å². The molecule has 0 fully saturated rings. The molecule has 3 aromatic carbocycles. The van der Waals surface area contributed by atoms with Gasteiger partial charge in [0.15, 0.2) is 5.60 Å². The van der Waals surface area contributed by atoms with Crippen LogP contribution in [-0.2, 0) is 36.0 Å². The summed E-state index contributed by atoms with van der Waals surface area (Å²) < 4.78 is 7.71. The fourth-order valence-corrected chi connectivity index (χ4v) is 7.74. The highest BCUT2D eigenvalue weighted by atomic mass is 79.9. The van der Waals surface area contributed by atoms with Crippen molar-refractivity contribution in [1.82, 2.24) is 0 Å². The molecule has 0 saturated heterocycles. The number of cyclic esters (lactones) is 1. The Kier molecular flexibility index (Phi) is 9.54. The third kappa shape index (κ3) is 5.18. The number of aryl methyl sites for hydroxylation is 2. The van der Waals surface area contributed by atoms with E-state index in [-0.39, 0.29) is 22.6 Å². The van der Waals surface area contributed by atoms with Crippen molar-refractivity contribution in [3.8, 4) is 11.5 Å². The number of ether oxygens (including phenoxy) is 1. The molecule has 3 aromatic rings. The molecule has 1 aliphatic rings. The van der Waals surface area contributed by atoms with E-state index in [1.165, 1.54) is 6.07 Å². The van der Waals surface area contributed by atoms with E-state index in [4.69, 9.17) is 4.74 Å². The van der Waals surface area contributed by atoms with Crippen molar-refractivity contribution in [2.75, 3.05) is 0 Å². The van der Waals surface area contributed by atoms with Gasteiger partial charge in [-0.25, -0.2) is 9.59 Å². The highest BCUT2D eigenvalue weighted by Gasteiger charge is 2.54. The maximum absolute atomic E-state index is 13.8. The molecule has 6 nitrogen and oxygen atoms in total. The smallest absolute Gasteiger partial charge is 0.341 e. The van der Waals surface area contributed by atoms with Gasteiger partial charge >= 0.3 is 11.9 Å². The number of fused-ring (bicyclic) bond motifs is 1. The van der Waals surface area contributed by atoms with E-state index in [9.17, 15) is 24.9 Å².